The van der Waals surface area contributed by atoms with Crippen molar-refractivity contribution in [2.24, 2.45) is 0 Å². The Kier molecular flexibility index (Phi) is 7.67. The normalized spacial score (nSPS) is 22.0. The van der Waals surface area contributed by atoms with Crippen molar-refractivity contribution in [3.8, 4) is 5.75 Å². The third kappa shape index (κ3) is 5.79. The number of ether oxygens (including phenoxy) is 5. The van der Waals surface area contributed by atoms with Crippen molar-refractivity contribution in [1.82, 2.24) is 0 Å². The number of rotatable bonds is 7. The molecule has 1 aromatic heterocycles. The van der Waals surface area contributed by atoms with Gasteiger partial charge in [-0.15, -0.1) is 0 Å². The average molecular weight is 476 g/mol. The topological polar surface area (TPSA) is 145 Å². The van der Waals surface area contributed by atoms with Crippen molar-refractivity contribution in [1.29, 1.82) is 0 Å². The molecule has 1 aliphatic rings. The molecule has 0 radical (unpaired) electrons. The van der Waals surface area contributed by atoms with Gasteiger partial charge >= 0.3 is 23.5 Å². The van der Waals surface area contributed by atoms with Gasteiger partial charge in [-0.25, -0.2) is 4.79 Å². The van der Waals surface area contributed by atoms with Gasteiger partial charge in [0.15, 0.2) is 18.0 Å². The molecule has 34 heavy (non-hydrogen) atoms. The number of esters is 3. The van der Waals surface area contributed by atoms with E-state index in [1.807, 2.05) is 0 Å². The highest BCUT2D eigenvalue weighted by Crippen LogP contribution is 2.32. The molecule has 11 heteroatoms. The van der Waals surface area contributed by atoms with Crippen LogP contribution in [0.2, 0.25) is 0 Å². The molecular formula is C23H24O11. The highest BCUT2D eigenvalue weighted by atomic mass is 16.7. The van der Waals surface area contributed by atoms with Gasteiger partial charge < -0.3 is 28.1 Å². The lowest BCUT2D eigenvalue weighted by molar-refractivity contribution is -0.245. The van der Waals surface area contributed by atoms with E-state index >= 15 is 0 Å². The maximum Gasteiger partial charge on any atom is 0.336 e. The minimum atomic E-state index is -1.09. The summed E-state index contributed by atoms with van der Waals surface area (Å²) < 4.78 is 32.6. The summed E-state index contributed by atoms with van der Waals surface area (Å²) in [6, 6.07) is 4.45. The Morgan fingerprint density at radius 3 is 2.41 bits per heavy atom. The Labute approximate surface area is 193 Å². The van der Waals surface area contributed by atoms with Crippen LogP contribution in [0.1, 0.15) is 43.1 Å². The first kappa shape index (κ1) is 24.9. The summed E-state index contributed by atoms with van der Waals surface area (Å²) in [7, 11) is 0. The summed E-state index contributed by atoms with van der Waals surface area (Å²) in [4.78, 5) is 58.3. The van der Waals surface area contributed by atoms with Crippen LogP contribution in [0, 0.1) is 6.92 Å². The quantitative estimate of drug-likeness (QED) is 0.250. The van der Waals surface area contributed by atoms with Crippen LogP contribution < -0.4 is 10.4 Å². The number of hydrogen-bond donors (Lipinski definition) is 0. The lowest BCUT2D eigenvalue weighted by Crippen LogP contribution is -2.54. The fourth-order valence-electron chi connectivity index (χ4n) is 3.71. The first-order valence-corrected chi connectivity index (χ1v) is 10.4. The van der Waals surface area contributed by atoms with Crippen LogP contribution >= 0.6 is 0 Å². The van der Waals surface area contributed by atoms with E-state index in [9.17, 15) is 24.0 Å². The van der Waals surface area contributed by atoms with Gasteiger partial charge in [0.05, 0.1) is 12.0 Å². The Bertz CT molecular complexity index is 1170. The maximum atomic E-state index is 11.9. The molecular weight excluding hydrogens is 452 g/mol. The number of carbonyl (C=O) groups excluding carboxylic acids is 4. The van der Waals surface area contributed by atoms with E-state index in [-0.39, 0.29) is 29.9 Å². The standard InChI is InChI=1S/C23H24O11/c1-11-7-20(28)34-22-15(11)5-6-17(16(22)9-24)32-21-8-18(30-13(3)26)23(31-14(4)27)19(33-21)10-29-12(2)25/h5-7,9,18-19,21,23H,8,10H2,1-4H3/t18-,19-,21?,23-/m1/s1. The molecule has 0 bridgehead atoms. The molecule has 4 atom stereocenters. The Balaban J connectivity index is 1.95. The molecule has 0 N–H and O–H groups in total. The van der Waals surface area contributed by atoms with Gasteiger partial charge in [0.2, 0.25) is 6.29 Å². The van der Waals surface area contributed by atoms with Gasteiger partial charge in [0.25, 0.3) is 0 Å². The first-order chi connectivity index (χ1) is 16.1. The molecule has 0 aliphatic carbocycles. The van der Waals surface area contributed by atoms with Crippen molar-refractivity contribution in [2.45, 2.75) is 58.7 Å². The fourth-order valence-corrected chi connectivity index (χ4v) is 3.71. The zero-order valence-corrected chi connectivity index (χ0v) is 19.0. The summed E-state index contributed by atoms with van der Waals surface area (Å²) in [5.74, 6) is -1.83. The smallest absolute Gasteiger partial charge is 0.336 e. The number of hydrogen-bond acceptors (Lipinski definition) is 11. The summed E-state index contributed by atoms with van der Waals surface area (Å²) in [5.41, 5.74) is 0.0406. The third-order valence-corrected chi connectivity index (χ3v) is 5.05. The summed E-state index contributed by atoms with van der Waals surface area (Å²) >= 11 is 0. The second-order valence-electron chi connectivity index (χ2n) is 7.70. The molecule has 1 saturated heterocycles. The van der Waals surface area contributed by atoms with E-state index in [0.717, 1.165) is 0 Å². The van der Waals surface area contributed by atoms with Gasteiger partial charge in [0.1, 0.15) is 24.6 Å². The molecule has 1 aromatic carbocycles. The van der Waals surface area contributed by atoms with Crippen LogP contribution in [0.25, 0.3) is 11.0 Å². The van der Waals surface area contributed by atoms with Crippen molar-refractivity contribution >= 4 is 35.2 Å². The highest BCUT2D eigenvalue weighted by Gasteiger charge is 2.44. The van der Waals surface area contributed by atoms with Crippen molar-refractivity contribution < 1.29 is 47.3 Å². The fraction of sp³-hybridized carbons (Fsp3) is 0.435. The molecule has 1 fully saturated rings. The molecule has 2 aromatic rings. The van der Waals surface area contributed by atoms with Gasteiger partial charge in [-0.05, 0) is 24.6 Å². The molecule has 1 aliphatic heterocycles. The Morgan fingerprint density at radius 2 is 1.79 bits per heavy atom. The zero-order valence-electron chi connectivity index (χ0n) is 19.0. The number of fused-ring (bicyclic) bond motifs is 1. The molecule has 0 amide bonds. The van der Waals surface area contributed by atoms with E-state index in [0.29, 0.717) is 17.2 Å². The van der Waals surface area contributed by atoms with Gasteiger partial charge in [0, 0.05) is 32.2 Å². The van der Waals surface area contributed by atoms with Crippen LogP contribution in [0.5, 0.6) is 5.75 Å². The predicted molar refractivity (Wildman–Crippen MR) is 114 cm³/mol. The molecule has 182 valence electrons. The molecule has 3 rings (SSSR count). The number of benzene rings is 1. The third-order valence-electron chi connectivity index (χ3n) is 5.05. The number of aldehydes is 1. The van der Waals surface area contributed by atoms with Crippen LogP contribution in [0.15, 0.2) is 27.4 Å². The van der Waals surface area contributed by atoms with E-state index in [2.05, 4.69) is 0 Å². The molecule has 0 spiro atoms. The Morgan fingerprint density at radius 1 is 1.09 bits per heavy atom. The van der Waals surface area contributed by atoms with Crippen LogP contribution in [-0.4, -0.2) is 55.4 Å². The monoisotopic (exact) mass is 476 g/mol. The average Bonchev–Trinajstić information content (AvgIpc) is 2.73. The maximum absolute atomic E-state index is 11.9. The molecule has 2 heterocycles. The van der Waals surface area contributed by atoms with Gasteiger partial charge in [-0.2, -0.15) is 0 Å². The van der Waals surface area contributed by atoms with Crippen LogP contribution in [0.4, 0.5) is 0 Å². The van der Waals surface area contributed by atoms with Crippen molar-refractivity contribution in [3.05, 3.63) is 39.7 Å². The van der Waals surface area contributed by atoms with Crippen molar-refractivity contribution in [3.63, 3.8) is 0 Å². The summed E-state index contributed by atoms with van der Waals surface area (Å²) in [5, 5.41) is 0.555. The van der Waals surface area contributed by atoms with E-state index in [1.165, 1.54) is 32.9 Å². The largest absolute Gasteiger partial charge is 0.464 e. The Hall–Kier alpha value is -3.73. The summed E-state index contributed by atoms with van der Waals surface area (Å²) in [6.07, 6.45) is -3.75. The summed E-state index contributed by atoms with van der Waals surface area (Å²) in [6.45, 7) is 4.96. The number of carbonyl (C=O) groups is 4. The van der Waals surface area contributed by atoms with Crippen LogP contribution in [0.3, 0.4) is 0 Å². The SMILES string of the molecule is CC(=O)OC[C@H]1OC(Oc2ccc3c(C)cc(=O)oc3c2C=O)C[C@@H](OC(C)=O)[C@H]1OC(C)=O. The van der Waals surface area contributed by atoms with Gasteiger partial charge in [-0.3, -0.25) is 19.2 Å². The molecule has 1 unspecified atom stereocenters. The van der Waals surface area contributed by atoms with E-state index in [1.54, 1.807) is 13.0 Å². The lowest BCUT2D eigenvalue weighted by Gasteiger charge is -2.39. The number of aryl methyl sites for hydroxylation is 1. The minimum Gasteiger partial charge on any atom is -0.464 e. The molecule has 11 nitrogen and oxygen atoms in total. The second-order valence-corrected chi connectivity index (χ2v) is 7.70. The molecule has 0 saturated carbocycles. The predicted octanol–water partition coefficient (Wildman–Crippen LogP) is 1.83. The lowest BCUT2D eigenvalue weighted by atomic mass is 10.0. The van der Waals surface area contributed by atoms with Crippen molar-refractivity contribution in [2.75, 3.05) is 6.61 Å². The second kappa shape index (κ2) is 10.5. The minimum absolute atomic E-state index is 0.00965. The van der Waals surface area contributed by atoms with Crippen LogP contribution in [-0.2, 0) is 33.3 Å². The van der Waals surface area contributed by atoms with E-state index < -0.39 is 48.1 Å². The first-order valence-electron chi connectivity index (χ1n) is 10.4. The van der Waals surface area contributed by atoms with E-state index in [4.69, 9.17) is 28.1 Å². The van der Waals surface area contributed by atoms with Gasteiger partial charge in [-0.1, -0.05) is 0 Å². The highest BCUT2D eigenvalue weighted by molar-refractivity contribution is 5.98. The zero-order chi connectivity index (χ0) is 25.0.